The van der Waals surface area contributed by atoms with Crippen LogP contribution in [0.25, 0.3) is 10.8 Å². The van der Waals surface area contributed by atoms with Crippen LogP contribution in [0, 0.1) is 16.7 Å². The van der Waals surface area contributed by atoms with Crippen molar-refractivity contribution in [3.8, 4) is 11.8 Å². The lowest BCUT2D eigenvalue weighted by molar-refractivity contribution is 0.169. The maximum Gasteiger partial charge on any atom is 0.119 e. The monoisotopic (exact) mass is 266 g/mol. The Morgan fingerprint density at radius 1 is 1.20 bits per heavy atom. The number of fused-ring (bicyclic) bond motifs is 1. The first-order chi connectivity index (χ1) is 9.68. The van der Waals surface area contributed by atoms with Crippen molar-refractivity contribution in [2.45, 2.75) is 25.3 Å². The molecule has 0 bridgehead atoms. The number of benzene rings is 2. The third-order valence-corrected chi connectivity index (χ3v) is 4.49. The summed E-state index contributed by atoms with van der Waals surface area (Å²) in [4.78, 5) is 0. The highest BCUT2D eigenvalue weighted by molar-refractivity contribution is 5.84. The fourth-order valence-corrected chi connectivity index (χ4v) is 2.93. The predicted octanol–water partition coefficient (Wildman–Crippen LogP) is 3.54. The highest BCUT2D eigenvalue weighted by Crippen LogP contribution is 2.48. The lowest BCUT2D eigenvalue weighted by atomic mass is 9.63. The summed E-state index contributed by atoms with van der Waals surface area (Å²) >= 11 is 0. The molecule has 1 aliphatic carbocycles. The van der Waals surface area contributed by atoms with Gasteiger partial charge in [0.15, 0.2) is 0 Å². The minimum Gasteiger partial charge on any atom is -0.497 e. The number of nitrogens with zero attached hydrogens (tertiary/aromatic N) is 1. The van der Waals surface area contributed by atoms with Crippen molar-refractivity contribution < 1.29 is 4.74 Å². The Morgan fingerprint density at radius 3 is 2.50 bits per heavy atom. The summed E-state index contributed by atoms with van der Waals surface area (Å²) in [5, 5.41) is 11.7. The Labute approximate surface area is 119 Å². The van der Waals surface area contributed by atoms with Crippen molar-refractivity contribution in [2.75, 3.05) is 7.11 Å². The van der Waals surface area contributed by atoms with Crippen LogP contribution in [0.2, 0.25) is 0 Å². The van der Waals surface area contributed by atoms with Gasteiger partial charge in [-0.3, -0.25) is 0 Å². The van der Waals surface area contributed by atoms with Gasteiger partial charge in [-0.2, -0.15) is 5.26 Å². The van der Waals surface area contributed by atoms with Crippen LogP contribution in [0.3, 0.4) is 0 Å². The number of methoxy groups -OCH3 is 1. The van der Waals surface area contributed by atoms with E-state index in [9.17, 15) is 5.26 Å². The first kappa shape index (κ1) is 13.0. The standard InChI is InChI=1S/C17H18N2O/c1-20-15-6-5-12-9-14(4-3-13(12)10-15)16(19)17(11-18)7-2-8-17/h3-6,9-10,16H,2,7-8,19H2,1H3. The quantitative estimate of drug-likeness (QED) is 0.924. The Bertz CT molecular complexity index is 683. The van der Waals surface area contributed by atoms with Gasteiger partial charge in [-0.25, -0.2) is 0 Å². The van der Waals surface area contributed by atoms with Crippen molar-refractivity contribution in [2.24, 2.45) is 11.1 Å². The lowest BCUT2D eigenvalue weighted by Gasteiger charge is -2.40. The molecule has 2 aromatic rings. The summed E-state index contributed by atoms with van der Waals surface area (Å²) in [6, 6.07) is 14.4. The summed E-state index contributed by atoms with van der Waals surface area (Å²) in [7, 11) is 1.67. The van der Waals surface area contributed by atoms with Crippen molar-refractivity contribution in [1.29, 1.82) is 5.26 Å². The Hall–Kier alpha value is -2.05. The van der Waals surface area contributed by atoms with E-state index in [1.165, 1.54) is 0 Å². The molecule has 0 radical (unpaired) electrons. The van der Waals surface area contributed by atoms with Crippen LogP contribution < -0.4 is 10.5 Å². The van der Waals surface area contributed by atoms with E-state index in [-0.39, 0.29) is 11.5 Å². The van der Waals surface area contributed by atoms with Gasteiger partial charge in [0.2, 0.25) is 0 Å². The molecule has 0 heterocycles. The van der Waals surface area contributed by atoms with Crippen molar-refractivity contribution in [1.82, 2.24) is 0 Å². The Morgan fingerprint density at radius 2 is 1.90 bits per heavy atom. The van der Waals surface area contributed by atoms with Gasteiger partial charge >= 0.3 is 0 Å². The summed E-state index contributed by atoms with van der Waals surface area (Å²) in [6.07, 6.45) is 2.92. The van der Waals surface area contributed by atoms with E-state index in [0.29, 0.717) is 0 Å². The van der Waals surface area contributed by atoms with Crippen LogP contribution in [-0.4, -0.2) is 7.11 Å². The first-order valence-electron chi connectivity index (χ1n) is 6.93. The molecular formula is C17H18N2O. The molecule has 1 aliphatic rings. The average molecular weight is 266 g/mol. The number of hydrogen-bond donors (Lipinski definition) is 1. The smallest absolute Gasteiger partial charge is 0.119 e. The maximum absolute atomic E-state index is 9.40. The number of nitrogens with two attached hydrogens (primary N) is 1. The summed E-state index contributed by atoms with van der Waals surface area (Å²) in [6.45, 7) is 0. The lowest BCUT2D eigenvalue weighted by Crippen LogP contribution is -2.39. The fourth-order valence-electron chi connectivity index (χ4n) is 2.93. The van der Waals surface area contributed by atoms with Gasteiger partial charge in [0.05, 0.1) is 18.6 Å². The molecule has 3 nitrogen and oxygen atoms in total. The topological polar surface area (TPSA) is 59.0 Å². The molecule has 0 saturated heterocycles. The van der Waals surface area contributed by atoms with E-state index in [1.54, 1.807) is 7.11 Å². The van der Waals surface area contributed by atoms with Gasteiger partial charge in [-0.15, -0.1) is 0 Å². The second-order valence-corrected chi connectivity index (χ2v) is 5.57. The number of rotatable bonds is 3. The van der Waals surface area contributed by atoms with Crippen molar-refractivity contribution in [3.63, 3.8) is 0 Å². The third kappa shape index (κ3) is 1.93. The molecule has 3 heteroatoms. The fraction of sp³-hybridized carbons (Fsp3) is 0.353. The maximum atomic E-state index is 9.40. The Kier molecular flexibility index (Phi) is 3.11. The predicted molar refractivity (Wildman–Crippen MR) is 79.3 cm³/mol. The van der Waals surface area contributed by atoms with E-state index < -0.39 is 0 Å². The van der Waals surface area contributed by atoms with Crippen LogP contribution in [0.4, 0.5) is 0 Å². The molecular weight excluding hydrogens is 248 g/mol. The highest BCUT2D eigenvalue weighted by Gasteiger charge is 2.43. The molecule has 0 amide bonds. The minimum atomic E-state index is -0.361. The van der Waals surface area contributed by atoms with Gasteiger partial charge in [0, 0.05) is 6.04 Å². The van der Waals surface area contributed by atoms with E-state index in [2.05, 4.69) is 18.2 Å². The number of hydrogen-bond acceptors (Lipinski definition) is 3. The molecule has 0 aliphatic heterocycles. The van der Waals surface area contributed by atoms with Gasteiger partial charge in [-0.1, -0.05) is 24.6 Å². The minimum absolute atomic E-state index is 0.201. The molecule has 2 N–H and O–H groups in total. The van der Waals surface area contributed by atoms with Gasteiger partial charge < -0.3 is 10.5 Å². The van der Waals surface area contributed by atoms with Crippen molar-refractivity contribution in [3.05, 3.63) is 42.0 Å². The molecule has 1 fully saturated rings. The zero-order chi connectivity index (χ0) is 14.2. The van der Waals surface area contributed by atoms with E-state index >= 15 is 0 Å². The normalized spacial score (nSPS) is 18.1. The zero-order valence-corrected chi connectivity index (χ0v) is 11.6. The second-order valence-electron chi connectivity index (χ2n) is 5.57. The molecule has 20 heavy (non-hydrogen) atoms. The van der Waals surface area contributed by atoms with Crippen molar-refractivity contribution >= 4 is 10.8 Å². The first-order valence-corrected chi connectivity index (χ1v) is 6.93. The van der Waals surface area contributed by atoms with Crippen LogP contribution in [0.5, 0.6) is 5.75 Å². The van der Waals surface area contributed by atoms with Gasteiger partial charge in [0.25, 0.3) is 0 Å². The zero-order valence-electron chi connectivity index (χ0n) is 11.6. The summed E-state index contributed by atoms with van der Waals surface area (Å²) in [5.74, 6) is 0.849. The molecule has 1 saturated carbocycles. The Balaban J connectivity index is 1.99. The van der Waals surface area contributed by atoms with E-state index in [4.69, 9.17) is 10.5 Å². The van der Waals surface area contributed by atoms with Crippen LogP contribution in [-0.2, 0) is 0 Å². The molecule has 2 aromatic carbocycles. The van der Waals surface area contributed by atoms with Crippen LogP contribution in [0.15, 0.2) is 36.4 Å². The third-order valence-electron chi connectivity index (χ3n) is 4.49. The summed E-state index contributed by atoms with van der Waals surface area (Å²) in [5.41, 5.74) is 7.03. The molecule has 0 aromatic heterocycles. The highest BCUT2D eigenvalue weighted by atomic mass is 16.5. The SMILES string of the molecule is COc1ccc2cc(C(N)C3(C#N)CCC3)ccc2c1. The van der Waals surface area contributed by atoms with E-state index in [1.807, 2.05) is 24.3 Å². The summed E-state index contributed by atoms with van der Waals surface area (Å²) < 4.78 is 5.23. The molecule has 1 atom stereocenters. The number of nitriles is 1. The average Bonchev–Trinajstić information content (AvgIpc) is 2.45. The molecule has 3 rings (SSSR count). The molecule has 1 unspecified atom stereocenters. The van der Waals surface area contributed by atoms with Gasteiger partial charge in [-0.05, 0) is 47.4 Å². The number of ether oxygens (including phenoxy) is 1. The molecule has 102 valence electrons. The van der Waals surface area contributed by atoms with Crippen LogP contribution >= 0.6 is 0 Å². The second kappa shape index (κ2) is 4.81. The van der Waals surface area contributed by atoms with Gasteiger partial charge in [0.1, 0.15) is 5.75 Å². The molecule has 0 spiro atoms. The van der Waals surface area contributed by atoms with Crippen LogP contribution in [0.1, 0.15) is 30.9 Å². The largest absolute Gasteiger partial charge is 0.497 e. The van der Waals surface area contributed by atoms with E-state index in [0.717, 1.165) is 41.3 Å².